The van der Waals surface area contributed by atoms with Gasteiger partial charge in [-0.05, 0) is 49.2 Å². The number of rotatable bonds is 3. The van der Waals surface area contributed by atoms with Gasteiger partial charge in [-0.2, -0.15) is 0 Å². The molecular weight excluding hydrogens is 320 g/mol. The van der Waals surface area contributed by atoms with E-state index < -0.39 is 0 Å². The summed E-state index contributed by atoms with van der Waals surface area (Å²) >= 11 is 3.34. The van der Waals surface area contributed by atoms with Crippen molar-refractivity contribution in [3.8, 4) is 5.75 Å². The Morgan fingerprint density at radius 2 is 1.95 bits per heavy atom. The fourth-order valence-corrected chi connectivity index (χ4v) is 2.13. The number of benzene rings is 1. The number of anilines is 1. The van der Waals surface area contributed by atoms with Crippen molar-refractivity contribution >= 4 is 27.7 Å². The molecule has 0 saturated carbocycles. The summed E-state index contributed by atoms with van der Waals surface area (Å²) in [6.07, 6.45) is 1.62. The fourth-order valence-electron chi connectivity index (χ4n) is 1.79. The van der Waals surface area contributed by atoms with E-state index in [0.717, 1.165) is 15.6 Å². The minimum absolute atomic E-state index is 0.240. The van der Waals surface area contributed by atoms with Gasteiger partial charge in [-0.25, -0.2) is 4.98 Å². The molecule has 0 aliphatic carbocycles. The lowest BCUT2D eigenvalue weighted by molar-refractivity contribution is 0.102. The van der Waals surface area contributed by atoms with Crippen LogP contribution in [0.4, 0.5) is 5.82 Å². The van der Waals surface area contributed by atoms with Gasteiger partial charge in [0.2, 0.25) is 0 Å². The number of pyridine rings is 1. The van der Waals surface area contributed by atoms with Crippen LogP contribution < -0.4 is 10.1 Å². The molecule has 0 unspecified atom stereocenters. The third-order valence-corrected chi connectivity index (χ3v) is 3.52. The van der Waals surface area contributed by atoms with Crippen molar-refractivity contribution < 1.29 is 9.53 Å². The van der Waals surface area contributed by atoms with E-state index in [4.69, 9.17) is 4.74 Å². The van der Waals surface area contributed by atoms with Crippen LogP contribution in [0.1, 0.15) is 21.5 Å². The second-order valence-electron chi connectivity index (χ2n) is 4.45. The minimum Gasteiger partial charge on any atom is -0.496 e. The van der Waals surface area contributed by atoms with Gasteiger partial charge >= 0.3 is 0 Å². The zero-order valence-corrected chi connectivity index (χ0v) is 13.1. The van der Waals surface area contributed by atoms with E-state index in [1.54, 1.807) is 25.4 Å². The zero-order chi connectivity index (χ0) is 14.7. The van der Waals surface area contributed by atoms with Crippen LogP contribution in [0, 0.1) is 13.8 Å². The summed E-state index contributed by atoms with van der Waals surface area (Å²) in [5.74, 6) is 0.806. The number of halogens is 1. The smallest absolute Gasteiger partial charge is 0.260 e. The number of ether oxygens (including phenoxy) is 1. The maximum absolute atomic E-state index is 12.3. The monoisotopic (exact) mass is 334 g/mol. The summed E-state index contributed by atoms with van der Waals surface area (Å²) in [7, 11) is 1.55. The first kappa shape index (κ1) is 14.5. The molecule has 1 aromatic heterocycles. The van der Waals surface area contributed by atoms with E-state index in [0.29, 0.717) is 17.1 Å². The Bertz CT molecular complexity index is 656. The SMILES string of the molecule is COc1cc(C)c(C)cc1C(=O)Nc1cc(Br)ccn1. The molecule has 1 heterocycles. The van der Waals surface area contributed by atoms with Gasteiger partial charge in [0.1, 0.15) is 11.6 Å². The van der Waals surface area contributed by atoms with E-state index >= 15 is 0 Å². The second kappa shape index (κ2) is 6.05. The summed E-state index contributed by atoms with van der Waals surface area (Å²) in [4.78, 5) is 16.4. The van der Waals surface area contributed by atoms with Crippen LogP contribution in [0.5, 0.6) is 5.75 Å². The van der Waals surface area contributed by atoms with Crippen LogP contribution in [-0.4, -0.2) is 18.0 Å². The molecule has 0 radical (unpaired) electrons. The van der Waals surface area contributed by atoms with Crippen molar-refractivity contribution in [3.63, 3.8) is 0 Å². The Morgan fingerprint density at radius 1 is 1.25 bits per heavy atom. The molecule has 5 heteroatoms. The van der Waals surface area contributed by atoms with Crippen molar-refractivity contribution in [1.82, 2.24) is 4.98 Å². The van der Waals surface area contributed by atoms with E-state index in [1.807, 2.05) is 26.0 Å². The highest BCUT2D eigenvalue weighted by Gasteiger charge is 2.14. The summed E-state index contributed by atoms with van der Waals surface area (Å²) in [6, 6.07) is 7.22. The maximum atomic E-state index is 12.3. The molecule has 1 aromatic carbocycles. The lowest BCUT2D eigenvalue weighted by atomic mass is 10.0. The standard InChI is InChI=1S/C15H15BrN2O2/c1-9-6-12(13(20-3)7-10(9)2)15(19)18-14-8-11(16)4-5-17-14/h4-8H,1-3H3,(H,17,18,19). The fraction of sp³-hybridized carbons (Fsp3) is 0.200. The number of hydrogen-bond acceptors (Lipinski definition) is 3. The van der Waals surface area contributed by atoms with Gasteiger partial charge in [0.25, 0.3) is 5.91 Å². The van der Waals surface area contributed by atoms with E-state index in [1.165, 1.54) is 0 Å². The number of aromatic nitrogens is 1. The zero-order valence-electron chi connectivity index (χ0n) is 11.5. The Kier molecular flexibility index (Phi) is 4.39. The highest BCUT2D eigenvalue weighted by molar-refractivity contribution is 9.10. The molecule has 0 saturated heterocycles. The average Bonchev–Trinajstić information content (AvgIpc) is 2.41. The van der Waals surface area contributed by atoms with E-state index in [2.05, 4.69) is 26.2 Å². The van der Waals surface area contributed by atoms with Crippen LogP contribution in [0.2, 0.25) is 0 Å². The molecule has 0 aliphatic heterocycles. The minimum atomic E-state index is -0.240. The van der Waals surface area contributed by atoms with Crippen LogP contribution in [0.3, 0.4) is 0 Å². The predicted octanol–water partition coefficient (Wildman–Crippen LogP) is 3.72. The maximum Gasteiger partial charge on any atom is 0.260 e. The molecule has 20 heavy (non-hydrogen) atoms. The first-order valence-electron chi connectivity index (χ1n) is 6.09. The number of hydrogen-bond donors (Lipinski definition) is 1. The lowest BCUT2D eigenvalue weighted by Gasteiger charge is -2.11. The molecule has 4 nitrogen and oxygen atoms in total. The third kappa shape index (κ3) is 3.17. The second-order valence-corrected chi connectivity index (χ2v) is 5.37. The van der Waals surface area contributed by atoms with Crippen molar-refractivity contribution in [3.05, 3.63) is 51.6 Å². The largest absolute Gasteiger partial charge is 0.496 e. The third-order valence-electron chi connectivity index (χ3n) is 3.02. The quantitative estimate of drug-likeness (QED) is 0.930. The van der Waals surface area contributed by atoms with Gasteiger partial charge in [-0.1, -0.05) is 15.9 Å². The average molecular weight is 335 g/mol. The van der Waals surface area contributed by atoms with Gasteiger partial charge in [0, 0.05) is 10.7 Å². The first-order valence-corrected chi connectivity index (χ1v) is 6.88. The van der Waals surface area contributed by atoms with Crippen molar-refractivity contribution in [2.45, 2.75) is 13.8 Å². The number of nitrogens with one attached hydrogen (secondary N) is 1. The van der Waals surface area contributed by atoms with Crippen molar-refractivity contribution in [2.24, 2.45) is 0 Å². The molecule has 104 valence electrons. The molecule has 0 fully saturated rings. The van der Waals surface area contributed by atoms with Crippen molar-refractivity contribution in [1.29, 1.82) is 0 Å². The van der Waals surface area contributed by atoms with E-state index in [9.17, 15) is 4.79 Å². The van der Waals surface area contributed by atoms with Gasteiger partial charge in [-0.15, -0.1) is 0 Å². The first-order chi connectivity index (χ1) is 9.51. The summed E-state index contributed by atoms with van der Waals surface area (Å²) < 4.78 is 6.13. The molecular formula is C15H15BrN2O2. The van der Waals surface area contributed by atoms with Crippen LogP contribution in [0.15, 0.2) is 34.9 Å². The Balaban J connectivity index is 2.31. The predicted molar refractivity (Wildman–Crippen MR) is 82.4 cm³/mol. The Labute approximate surface area is 126 Å². The summed E-state index contributed by atoms with van der Waals surface area (Å²) in [5, 5.41) is 2.76. The molecule has 2 aromatic rings. The van der Waals surface area contributed by atoms with Gasteiger partial charge in [-0.3, -0.25) is 4.79 Å². The van der Waals surface area contributed by atoms with E-state index in [-0.39, 0.29) is 5.91 Å². The summed E-state index contributed by atoms with van der Waals surface area (Å²) in [6.45, 7) is 3.94. The topological polar surface area (TPSA) is 51.2 Å². The lowest BCUT2D eigenvalue weighted by Crippen LogP contribution is -2.14. The number of carbonyl (C=O) groups excluding carboxylic acids is 1. The molecule has 0 bridgehead atoms. The van der Waals surface area contributed by atoms with Gasteiger partial charge < -0.3 is 10.1 Å². The number of methoxy groups -OCH3 is 1. The van der Waals surface area contributed by atoms with Crippen LogP contribution in [0.25, 0.3) is 0 Å². The molecule has 1 N–H and O–H groups in total. The highest BCUT2D eigenvalue weighted by Crippen LogP contribution is 2.24. The number of amides is 1. The molecule has 0 aliphatic rings. The number of nitrogens with zero attached hydrogens (tertiary/aromatic N) is 1. The number of aryl methyl sites for hydroxylation is 2. The molecule has 2 rings (SSSR count). The normalized spacial score (nSPS) is 10.2. The van der Waals surface area contributed by atoms with Crippen LogP contribution in [-0.2, 0) is 0 Å². The van der Waals surface area contributed by atoms with Gasteiger partial charge in [0.15, 0.2) is 0 Å². The Hall–Kier alpha value is -1.88. The highest BCUT2D eigenvalue weighted by atomic mass is 79.9. The number of carbonyl (C=O) groups is 1. The molecule has 1 amide bonds. The van der Waals surface area contributed by atoms with Crippen LogP contribution >= 0.6 is 15.9 Å². The van der Waals surface area contributed by atoms with Crippen molar-refractivity contribution in [2.75, 3.05) is 12.4 Å². The molecule has 0 atom stereocenters. The molecule has 0 spiro atoms. The summed E-state index contributed by atoms with van der Waals surface area (Å²) in [5.41, 5.74) is 2.62. The Morgan fingerprint density at radius 3 is 2.60 bits per heavy atom. The van der Waals surface area contributed by atoms with Gasteiger partial charge in [0.05, 0.1) is 12.7 Å².